The third kappa shape index (κ3) is 2.92. The minimum Gasteiger partial charge on any atom is -0.386 e. The SMILES string of the molecule is Cc1c(Br)cc(Br)c(N=C(N)CCl)c1F. The Morgan fingerprint density at radius 3 is 2.67 bits per heavy atom. The van der Waals surface area contributed by atoms with E-state index in [2.05, 4.69) is 36.9 Å². The van der Waals surface area contributed by atoms with Crippen LogP contribution in [-0.2, 0) is 0 Å². The Morgan fingerprint density at radius 1 is 1.53 bits per heavy atom. The molecule has 0 aliphatic rings. The summed E-state index contributed by atoms with van der Waals surface area (Å²) in [6.45, 7) is 1.65. The van der Waals surface area contributed by atoms with Crippen LogP contribution >= 0.6 is 43.5 Å². The maximum Gasteiger partial charge on any atom is 0.154 e. The molecule has 0 atom stereocenters. The van der Waals surface area contributed by atoms with Gasteiger partial charge < -0.3 is 5.73 Å². The van der Waals surface area contributed by atoms with Gasteiger partial charge in [0, 0.05) is 14.5 Å². The van der Waals surface area contributed by atoms with Crippen LogP contribution in [0.3, 0.4) is 0 Å². The predicted molar refractivity (Wildman–Crippen MR) is 68.5 cm³/mol. The minimum atomic E-state index is -0.413. The molecular formula is C9H8Br2ClFN2. The smallest absolute Gasteiger partial charge is 0.154 e. The first-order valence-electron chi connectivity index (χ1n) is 4.00. The maximum atomic E-state index is 13.8. The standard InChI is InChI=1S/C9H8Br2ClFN2/c1-4-5(10)2-6(11)9(8(4)13)15-7(14)3-12/h2H,3H2,1H3,(H2,14,15). The predicted octanol–water partition coefficient (Wildman–Crippen LogP) is 3.89. The van der Waals surface area contributed by atoms with Gasteiger partial charge in [0.05, 0.1) is 5.88 Å². The van der Waals surface area contributed by atoms with Crippen LogP contribution in [0.4, 0.5) is 10.1 Å². The zero-order chi connectivity index (χ0) is 11.6. The molecule has 1 aromatic rings. The first-order chi connectivity index (χ1) is 6.97. The van der Waals surface area contributed by atoms with Crippen molar-refractivity contribution in [1.29, 1.82) is 0 Å². The molecule has 15 heavy (non-hydrogen) atoms. The molecule has 0 saturated carbocycles. The molecule has 0 aromatic heterocycles. The Labute approximate surface area is 109 Å². The summed E-state index contributed by atoms with van der Waals surface area (Å²) in [4.78, 5) is 3.90. The molecule has 0 radical (unpaired) electrons. The van der Waals surface area contributed by atoms with Crippen LogP contribution in [0.15, 0.2) is 20.0 Å². The van der Waals surface area contributed by atoms with Gasteiger partial charge in [0.1, 0.15) is 11.5 Å². The van der Waals surface area contributed by atoms with Gasteiger partial charge >= 0.3 is 0 Å². The van der Waals surface area contributed by atoms with E-state index in [-0.39, 0.29) is 17.4 Å². The van der Waals surface area contributed by atoms with Crippen LogP contribution in [0.1, 0.15) is 5.56 Å². The number of alkyl halides is 1. The monoisotopic (exact) mass is 356 g/mol. The Balaban J connectivity index is 3.36. The van der Waals surface area contributed by atoms with Crippen LogP contribution in [0.5, 0.6) is 0 Å². The Hall–Kier alpha value is -0.130. The fourth-order valence-electron chi connectivity index (χ4n) is 0.951. The summed E-state index contributed by atoms with van der Waals surface area (Å²) >= 11 is 11.9. The number of benzene rings is 1. The third-order valence-electron chi connectivity index (χ3n) is 1.77. The molecule has 0 heterocycles. The van der Waals surface area contributed by atoms with E-state index >= 15 is 0 Å². The van der Waals surface area contributed by atoms with Crippen LogP contribution in [-0.4, -0.2) is 11.7 Å². The van der Waals surface area contributed by atoms with E-state index in [0.29, 0.717) is 14.5 Å². The number of amidine groups is 1. The van der Waals surface area contributed by atoms with Crippen LogP contribution in [0, 0.1) is 12.7 Å². The van der Waals surface area contributed by atoms with Gasteiger partial charge in [-0.1, -0.05) is 15.9 Å². The first kappa shape index (κ1) is 12.9. The van der Waals surface area contributed by atoms with Gasteiger partial charge in [-0.3, -0.25) is 0 Å². The summed E-state index contributed by atoms with van der Waals surface area (Å²) in [5, 5.41) is 0. The molecule has 0 spiro atoms. The highest BCUT2D eigenvalue weighted by molar-refractivity contribution is 9.11. The van der Waals surface area contributed by atoms with Crippen molar-refractivity contribution >= 4 is 55.0 Å². The van der Waals surface area contributed by atoms with E-state index in [0.717, 1.165) is 0 Å². The summed E-state index contributed by atoms with van der Waals surface area (Å²) in [6, 6.07) is 1.72. The molecule has 2 nitrogen and oxygen atoms in total. The van der Waals surface area contributed by atoms with Crippen molar-refractivity contribution in [3.63, 3.8) is 0 Å². The Bertz CT molecular complexity index is 421. The number of rotatable bonds is 2. The van der Waals surface area contributed by atoms with Crippen molar-refractivity contribution in [1.82, 2.24) is 0 Å². The fraction of sp³-hybridized carbons (Fsp3) is 0.222. The lowest BCUT2D eigenvalue weighted by Gasteiger charge is -2.06. The molecule has 0 aliphatic heterocycles. The number of aliphatic imine (C=N–C) groups is 1. The molecule has 0 amide bonds. The van der Waals surface area contributed by atoms with E-state index in [4.69, 9.17) is 17.3 Å². The highest BCUT2D eigenvalue weighted by Crippen LogP contribution is 2.35. The van der Waals surface area contributed by atoms with Crippen LogP contribution < -0.4 is 5.73 Å². The van der Waals surface area contributed by atoms with E-state index in [1.54, 1.807) is 13.0 Å². The van der Waals surface area contributed by atoms with Gasteiger partial charge in [-0.05, 0) is 28.9 Å². The Morgan fingerprint density at radius 2 is 2.13 bits per heavy atom. The van der Waals surface area contributed by atoms with Gasteiger partial charge in [-0.15, -0.1) is 11.6 Å². The van der Waals surface area contributed by atoms with Crippen molar-refractivity contribution in [2.24, 2.45) is 10.7 Å². The van der Waals surface area contributed by atoms with Gasteiger partial charge in [-0.25, -0.2) is 9.38 Å². The summed E-state index contributed by atoms with van der Waals surface area (Å²) in [6.07, 6.45) is 0. The lowest BCUT2D eigenvalue weighted by atomic mass is 10.2. The molecule has 6 heteroatoms. The fourth-order valence-corrected chi connectivity index (χ4v) is 2.21. The lowest BCUT2D eigenvalue weighted by molar-refractivity contribution is 0.618. The summed E-state index contributed by atoms with van der Waals surface area (Å²) in [7, 11) is 0. The van der Waals surface area contributed by atoms with Crippen molar-refractivity contribution in [2.75, 3.05) is 5.88 Å². The molecule has 1 aromatic carbocycles. The van der Waals surface area contributed by atoms with E-state index in [1.807, 2.05) is 0 Å². The summed E-state index contributed by atoms with van der Waals surface area (Å²) < 4.78 is 15.0. The lowest BCUT2D eigenvalue weighted by Crippen LogP contribution is -2.12. The minimum absolute atomic E-state index is 0.0704. The quantitative estimate of drug-likeness (QED) is 0.486. The van der Waals surface area contributed by atoms with Crippen LogP contribution in [0.25, 0.3) is 0 Å². The Kier molecular flexibility index (Phi) is 4.55. The molecule has 1 rings (SSSR count). The van der Waals surface area contributed by atoms with Crippen molar-refractivity contribution in [3.8, 4) is 0 Å². The third-order valence-corrected chi connectivity index (χ3v) is 3.47. The second-order valence-electron chi connectivity index (χ2n) is 2.86. The van der Waals surface area contributed by atoms with Crippen molar-refractivity contribution < 1.29 is 4.39 Å². The highest BCUT2D eigenvalue weighted by atomic mass is 79.9. The van der Waals surface area contributed by atoms with Gasteiger partial charge in [0.15, 0.2) is 5.82 Å². The average molecular weight is 358 g/mol. The van der Waals surface area contributed by atoms with Gasteiger partial charge in [0.2, 0.25) is 0 Å². The van der Waals surface area contributed by atoms with E-state index in [1.165, 1.54) is 0 Å². The molecule has 0 bridgehead atoms. The summed E-state index contributed by atoms with van der Waals surface area (Å²) in [5.41, 5.74) is 6.11. The van der Waals surface area contributed by atoms with Gasteiger partial charge in [0.25, 0.3) is 0 Å². The zero-order valence-electron chi connectivity index (χ0n) is 7.82. The molecule has 2 N–H and O–H groups in total. The van der Waals surface area contributed by atoms with Crippen LogP contribution in [0.2, 0.25) is 0 Å². The molecular weight excluding hydrogens is 350 g/mol. The van der Waals surface area contributed by atoms with E-state index in [9.17, 15) is 4.39 Å². The van der Waals surface area contributed by atoms with E-state index < -0.39 is 5.82 Å². The topological polar surface area (TPSA) is 38.4 Å². The molecule has 0 fully saturated rings. The number of nitrogens with two attached hydrogens (primary N) is 1. The largest absolute Gasteiger partial charge is 0.386 e. The second kappa shape index (κ2) is 5.27. The van der Waals surface area contributed by atoms with Crippen molar-refractivity contribution in [2.45, 2.75) is 6.92 Å². The maximum absolute atomic E-state index is 13.8. The molecule has 0 aliphatic carbocycles. The summed E-state index contributed by atoms with van der Waals surface area (Å²) in [5.74, 6) is -0.164. The number of halogens is 4. The normalized spacial score (nSPS) is 11.9. The van der Waals surface area contributed by atoms with Crippen molar-refractivity contribution in [3.05, 3.63) is 26.4 Å². The number of hydrogen-bond donors (Lipinski definition) is 1. The highest BCUT2D eigenvalue weighted by Gasteiger charge is 2.12. The van der Waals surface area contributed by atoms with Gasteiger partial charge in [-0.2, -0.15) is 0 Å². The number of hydrogen-bond acceptors (Lipinski definition) is 1. The zero-order valence-corrected chi connectivity index (χ0v) is 11.7. The molecule has 0 unspecified atom stereocenters. The second-order valence-corrected chi connectivity index (χ2v) is 4.84. The average Bonchev–Trinajstić information content (AvgIpc) is 2.21. The molecule has 82 valence electrons. The first-order valence-corrected chi connectivity index (χ1v) is 6.12. The number of nitrogens with zero attached hydrogens (tertiary/aromatic N) is 1. The molecule has 0 saturated heterocycles.